The monoisotopic (exact) mass is 411 g/mol. The van der Waals surface area contributed by atoms with E-state index in [0.29, 0.717) is 11.6 Å². The summed E-state index contributed by atoms with van der Waals surface area (Å²) in [4.78, 5) is 23.6. The summed E-state index contributed by atoms with van der Waals surface area (Å²) in [5, 5.41) is 6.72. The molecule has 162 valence electrons. The maximum Gasteiger partial charge on any atom is 0.251 e. The molecule has 1 heterocycles. The highest BCUT2D eigenvalue weighted by atomic mass is 16.5. The Morgan fingerprint density at radius 2 is 1.80 bits per heavy atom. The fourth-order valence-electron chi connectivity index (χ4n) is 3.70. The van der Waals surface area contributed by atoms with Gasteiger partial charge in [0.1, 0.15) is 23.2 Å². The lowest BCUT2D eigenvalue weighted by Crippen LogP contribution is -2.40. The molecule has 1 aliphatic rings. The highest BCUT2D eigenvalue weighted by Gasteiger charge is 2.23. The summed E-state index contributed by atoms with van der Waals surface area (Å²) < 4.78 is 5.70. The quantitative estimate of drug-likeness (QED) is 0.722. The maximum atomic E-state index is 12.7. The van der Waals surface area contributed by atoms with Crippen molar-refractivity contribution in [2.75, 3.05) is 24.3 Å². The fraction of sp³-hybridized carbons (Fsp3) is 0.522. The zero-order chi connectivity index (χ0) is 21.7. The van der Waals surface area contributed by atoms with Gasteiger partial charge in [-0.2, -0.15) is 0 Å². The first kappa shape index (κ1) is 21.9. The lowest BCUT2D eigenvalue weighted by molar-refractivity contribution is 0.0926. The number of hydrogen-bond acceptors (Lipinski definition) is 6. The van der Waals surface area contributed by atoms with Crippen LogP contribution in [-0.2, 0) is 0 Å². The molecule has 1 saturated carbocycles. The smallest absolute Gasteiger partial charge is 0.251 e. The average Bonchev–Trinajstić information content (AvgIpc) is 2.68. The Morgan fingerprint density at radius 3 is 2.47 bits per heavy atom. The van der Waals surface area contributed by atoms with Crippen molar-refractivity contribution in [2.24, 2.45) is 0 Å². The van der Waals surface area contributed by atoms with E-state index in [1.807, 2.05) is 70.1 Å². The summed E-state index contributed by atoms with van der Waals surface area (Å²) in [6, 6.07) is 9.90. The van der Waals surface area contributed by atoms with Gasteiger partial charge in [-0.1, -0.05) is 6.07 Å². The molecular formula is C23H33N5O2. The number of carbonyl (C=O) groups excluding carboxylic acids is 1. The number of aromatic nitrogens is 2. The SMILES string of the molecule is Cc1nc(N[C@H]2CC[C@@H](NC(=O)c3cccc(OC(C)C)c3)CC2)cc(N(C)C)n1. The third-order valence-electron chi connectivity index (χ3n) is 5.17. The molecule has 7 nitrogen and oxygen atoms in total. The highest BCUT2D eigenvalue weighted by molar-refractivity contribution is 5.94. The van der Waals surface area contributed by atoms with Crippen LogP contribution in [0.4, 0.5) is 11.6 Å². The van der Waals surface area contributed by atoms with Crippen LogP contribution in [0.2, 0.25) is 0 Å². The van der Waals surface area contributed by atoms with Crippen molar-refractivity contribution in [2.45, 2.75) is 64.6 Å². The lowest BCUT2D eigenvalue weighted by Gasteiger charge is -2.30. The Kier molecular flexibility index (Phi) is 7.13. The summed E-state index contributed by atoms with van der Waals surface area (Å²) in [7, 11) is 3.95. The number of ether oxygens (including phenoxy) is 1. The van der Waals surface area contributed by atoms with E-state index >= 15 is 0 Å². The van der Waals surface area contributed by atoms with Gasteiger partial charge in [0.25, 0.3) is 5.91 Å². The van der Waals surface area contributed by atoms with E-state index in [0.717, 1.165) is 48.9 Å². The first-order valence-electron chi connectivity index (χ1n) is 10.7. The fourth-order valence-corrected chi connectivity index (χ4v) is 3.70. The molecule has 2 aromatic rings. The topological polar surface area (TPSA) is 79.4 Å². The largest absolute Gasteiger partial charge is 0.491 e. The molecule has 1 aliphatic carbocycles. The molecule has 0 aliphatic heterocycles. The third-order valence-corrected chi connectivity index (χ3v) is 5.17. The predicted octanol–water partition coefficient (Wildman–Crippen LogP) is 3.79. The van der Waals surface area contributed by atoms with Crippen LogP contribution in [0.1, 0.15) is 55.7 Å². The van der Waals surface area contributed by atoms with Gasteiger partial charge in [0.05, 0.1) is 6.10 Å². The predicted molar refractivity (Wildman–Crippen MR) is 120 cm³/mol. The molecular weight excluding hydrogens is 378 g/mol. The number of benzene rings is 1. The number of nitrogens with zero attached hydrogens (tertiary/aromatic N) is 3. The molecule has 1 fully saturated rings. The van der Waals surface area contributed by atoms with Crippen molar-refractivity contribution in [1.82, 2.24) is 15.3 Å². The minimum atomic E-state index is -0.0392. The normalized spacial score (nSPS) is 18.7. The van der Waals surface area contributed by atoms with Crippen LogP contribution in [0.5, 0.6) is 5.75 Å². The molecule has 1 aromatic heterocycles. The second-order valence-corrected chi connectivity index (χ2v) is 8.41. The van der Waals surface area contributed by atoms with Gasteiger partial charge in [-0.25, -0.2) is 9.97 Å². The number of aryl methyl sites for hydroxylation is 1. The second-order valence-electron chi connectivity index (χ2n) is 8.41. The van der Waals surface area contributed by atoms with Gasteiger partial charge in [0.15, 0.2) is 0 Å². The Balaban J connectivity index is 1.52. The van der Waals surface area contributed by atoms with Gasteiger partial charge in [0.2, 0.25) is 0 Å². The Labute approximate surface area is 179 Å². The minimum Gasteiger partial charge on any atom is -0.491 e. The van der Waals surface area contributed by atoms with E-state index in [4.69, 9.17) is 4.74 Å². The molecule has 30 heavy (non-hydrogen) atoms. The standard InChI is InChI=1S/C23H33N5O2/c1-15(2)30-20-8-6-7-17(13-20)23(29)27-19-11-9-18(10-12-19)26-21-14-22(28(4)5)25-16(3)24-21/h6-8,13-15,18-19H,9-12H2,1-5H3,(H,27,29)(H,24,25,26)/t18-,19+. The van der Waals surface area contributed by atoms with Crippen molar-refractivity contribution in [3.63, 3.8) is 0 Å². The molecule has 0 spiro atoms. The Morgan fingerprint density at radius 1 is 1.10 bits per heavy atom. The van der Waals surface area contributed by atoms with Gasteiger partial charge in [0, 0.05) is 37.8 Å². The number of nitrogens with one attached hydrogen (secondary N) is 2. The van der Waals surface area contributed by atoms with Crippen LogP contribution >= 0.6 is 0 Å². The van der Waals surface area contributed by atoms with E-state index in [2.05, 4.69) is 20.6 Å². The van der Waals surface area contributed by atoms with Crippen molar-refractivity contribution in [1.29, 1.82) is 0 Å². The number of hydrogen-bond donors (Lipinski definition) is 2. The molecule has 2 N–H and O–H groups in total. The second kappa shape index (κ2) is 9.78. The van der Waals surface area contributed by atoms with Crippen LogP contribution in [0.3, 0.4) is 0 Å². The van der Waals surface area contributed by atoms with Crippen molar-refractivity contribution >= 4 is 17.5 Å². The van der Waals surface area contributed by atoms with Gasteiger partial charge in [-0.3, -0.25) is 4.79 Å². The van der Waals surface area contributed by atoms with Crippen molar-refractivity contribution in [3.8, 4) is 5.75 Å². The van der Waals surface area contributed by atoms with E-state index in [9.17, 15) is 4.79 Å². The summed E-state index contributed by atoms with van der Waals surface area (Å²) in [6.45, 7) is 5.86. The number of amides is 1. The van der Waals surface area contributed by atoms with E-state index < -0.39 is 0 Å². The van der Waals surface area contributed by atoms with Gasteiger partial charge >= 0.3 is 0 Å². The molecule has 1 aromatic carbocycles. The summed E-state index contributed by atoms with van der Waals surface area (Å²) in [6.07, 6.45) is 3.94. The Hall–Kier alpha value is -2.83. The Bertz CT molecular complexity index is 860. The summed E-state index contributed by atoms with van der Waals surface area (Å²) >= 11 is 0. The molecule has 0 bridgehead atoms. The number of anilines is 2. The first-order chi connectivity index (χ1) is 14.3. The van der Waals surface area contributed by atoms with Gasteiger partial charge < -0.3 is 20.3 Å². The van der Waals surface area contributed by atoms with Crippen LogP contribution in [-0.4, -0.2) is 48.2 Å². The molecule has 3 rings (SSSR count). The molecule has 7 heteroatoms. The molecule has 0 unspecified atom stereocenters. The average molecular weight is 412 g/mol. The lowest BCUT2D eigenvalue weighted by atomic mass is 9.91. The molecule has 0 atom stereocenters. The number of rotatable bonds is 7. The van der Waals surface area contributed by atoms with Crippen LogP contribution in [0.25, 0.3) is 0 Å². The molecule has 1 amide bonds. The van der Waals surface area contributed by atoms with Gasteiger partial charge in [-0.05, 0) is 64.7 Å². The zero-order valence-corrected chi connectivity index (χ0v) is 18.6. The maximum absolute atomic E-state index is 12.7. The van der Waals surface area contributed by atoms with Crippen molar-refractivity contribution < 1.29 is 9.53 Å². The molecule has 0 saturated heterocycles. The first-order valence-corrected chi connectivity index (χ1v) is 10.7. The highest BCUT2D eigenvalue weighted by Crippen LogP contribution is 2.24. The van der Waals surface area contributed by atoms with Crippen molar-refractivity contribution in [3.05, 3.63) is 41.7 Å². The van der Waals surface area contributed by atoms with E-state index in [1.54, 1.807) is 0 Å². The van der Waals surface area contributed by atoms with Crippen LogP contribution in [0.15, 0.2) is 30.3 Å². The third kappa shape index (κ3) is 6.08. The summed E-state index contributed by atoms with van der Waals surface area (Å²) in [5.74, 6) is 3.20. The van der Waals surface area contributed by atoms with E-state index in [1.165, 1.54) is 0 Å². The number of carbonyl (C=O) groups is 1. The van der Waals surface area contributed by atoms with E-state index in [-0.39, 0.29) is 18.1 Å². The summed E-state index contributed by atoms with van der Waals surface area (Å²) in [5.41, 5.74) is 0.640. The molecule has 0 radical (unpaired) electrons. The van der Waals surface area contributed by atoms with Crippen LogP contribution < -0.4 is 20.3 Å². The zero-order valence-electron chi connectivity index (χ0n) is 18.6. The minimum absolute atomic E-state index is 0.0392. The van der Waals surface area contributed by atoms with Gasteiger partial charge in [-0.15, -0.1) is 0 Å². The van der Waals surface area contributed by atoms with Crippen LogP contribution in [0, 0.1) is 6.92 Å².